The lowest BCUT2D eigenvalue weighted by atomic mass is 10.1. The first-order valence-corrected chi connectivity index (χ1v) is 9.53. The van der Waals surface area contributed by atoms with E-state index in [-0.39, 0.29) is 36.8 Å². The van der Waals surface area contributed by atoms with Gasteiger partial charge in [-0.3, -0.25) is 9.59 Å². The van der Waals surface area contributed by atoms with Crippen molar-refractivity contribution >= 4 is 47.0 Å². The number of pyridine rings is 1. The summed E-state index contributed by atoms with van der Waals surface area (Å²) >= 11 is 0. The Balaban J connectivity index is 0.00000256. The number of para-hydroxylation sites is 1. The van der Waals surface area contributed by atoms with Crippen LogP contribution >= 0.6 is 12.4 Å². The number of hydrogen-bond donors (Lipinski definition) is 3. The maximum atomic E-state index is 12.7. The second kappa shape index (κ2) is 9.11. The van der Waals surface area contributed by atoms with Crippen LogP contribution in [0.4, 0.5) is 5.82 Å². The number of aromatic nitrogens is 2. The predicted molar refractivity (Wildman–Crippen MR) is 120 cm³/mol. The van der Waals surface area contributed by atoms with Crippen LogP contribution in [0, 0.1) is 0 Å². The number of H-pyrrole nitrogens is 1. The fraction of sp³-hybridized carbons (Fsp3) is 0.227. The molecule has 156 valence electrons. The molecule has 3 heterocycles. The van der Waals surface area contributed by atoms with Crippen molar-refractivity contribution in [2.75, 3.05) is 18.9 Å². The predicted octanol–water partition coefficient (Wildman–Crippen LogP) is 3.26. The number of amides is 2. The normalized spacial score (nSPS) is 14.5. The molecule has 8 heteroatoms. The Morgan fingerprint density at radius 2 is 2.03 bits per heavy atom. The zero-order valence-electron chi connectivity index (χ0n) is 16.8. The average Bonchev–Trinajstić information content (AvgIpc) is 3.07. The van der Waals surface area contributed by atoms with Crippen LogP contribution in [0.25, 0.3) is 17.0 Å². The lowest BCUT2D eigenvalue weighted by molar-refractivity contribution is -0.126. The molecule has 4 rings (SSSR count). The highest BCUT2D eigenvalue weighted by Gasteiger charge is 2.18. The zero-order valence-corrected chi connectivity index (χ0v) is 17.6. The van der Waals surface area contributed by atoms with Gasteiger partial charge in [-0.05, 0) is 42.1 Å². The van der Waals surface area contributed by atoms with E-state index in [9.17, 15) is 9.59 Å². The minimum absolute atomic E-state index is 0. The number of likely N-dealkylation sites (N-methyl/N-ethyl adjacent to an activating group) is 1. The van der Waals surface area contributed by atoms with Crippen molar-refractivity contribution in [3.8, 4) is 0 Å². The van der Waals surface area contributed by atoms with Crippen LogP contribution < -0.4 is 10.6 Å². The van der Waals surface area contributed by atoms with E-state index >= 15 is 0 Å². The number of benzene rings is 1. The zero-order chi connectivity index (χ0) is 20.4. The number of nitrogens with one attached hydrogen (secondary N) is 3. The quantitative estimate of drug-likeness (QED) is 0.559. The summed E-state index contributed by atoms with van der Waals surface area (Å²) in [5.74, 6) is 0.355. The largest absolute Gasteiger partial charge is 0.357 e. The molecule has 3 N–H and O–H groups in total. The SMILES string of the molecule is CC(c1cc2ccccc2[nH]1)N(C)C(=O)C=Cc1cnc2c(c1)CNCC(=O)N2.Cl. The van der Waals surface area contributed by atoms with Gasteiger partial charge in [0.15, 0.2) is 0 Å². The van der Waals surface area contributed by atoms with Crippen LogP contribution in [0.1, 0.15) is 29.8 Å². The minimum Gasteiger partial charge on any atom is -0.357 e. The summed E-state index contributed by atoms with van der Waals surface area (Å²) < 4.78 is 0. The molecule has 7 nitrogen and oxygen atoms in total. The van der Waals surface area contributed by atoms with Crippen molar-refractivity contribution in [3.05, 3.63) is 65.5 Å². The summed E-state index contributed by atoms with van der Waals surface area (Å²) in [6.07, 6.45) is 4.94. The number of carbonyl (C=O) groups is 2. The Morgan fingerprint density at radius 3 is 2.83 bits per heavy atom. The van der Waals surface area contributed by atoms with Crippen molar-refractivity contribution in [1.29, 1.82) is 0 Å². The van der Waals surface area contributed by atoms with Gasteiger partial charge in [0.1, 0.15) is 5.82 Å². The van der Waals surface area contributed by atoms with E-state index in [1.54, 1.807) is 30.3 Å². The Morgan fingerprint density at radius 1 is 1.23 bits per heavy atom. The summed E-state index contributed by atoms with van der Waals surface area (Å²) in [4.78, 5) is 33.6. The molecule has 30 heavy (non-hydrogen) atoms. The van der Waals surface area contributed by atoms with Gasteiger partial charge in [-0.2, -0.15) is 0 Å². The summed E-state index contributed by atoms with van der Waals surface area (Å²) in [5, 5.41) is 6.94. The average molecular weight is 426 g/mol. The van der Waals surface area contributed by atoms with E-state index in [2.05, 4.69) is 26.7 Å². The molecule has 0 saturated carbocycles. The second-order valence-electron chi connectivity index (χ2n) is 7.20. The molecule has 0 aliphatic carbocycles. The lowest BCUT2D eigenvalue weighted by Crippen LogP contribution is -2.28. The lowest BCUT2D eigenvalue weighted by Gasteiger charge is -2.22. The molecule has 2 amide bonds. The monoisotopic (exact) mass is 425 g/mol. The third-order valence-corrected chi connectivity index (χ3v) is 5.19. The van der Waals surface area contributed by atoms with E-state index < -0.39 is 0 Å². The molecular formula is C22H24ClN5O2. The van der Waals surface area contributed by atoms with Gasteiger partial charge in [-0.25, -0.2) is 4.98 Å². The first kappa shape index (κ1) is 21.5. The number of carbonyl (C=O) groups excluding carboxylic acids is 2. The highest BCUT2D eigenvalue weighted by molar-refractivity contribution is 5.93. The smallest absolute Gasteiger partial charge is 0.246 e. The Hall–Kier alpha value is -3.16. The van der Waals surface area contributed by atoms with Gasteiger partial charge < -0.3 is 20.5 Å². The van der Waals surface area contributed by atoms with Crippen molar-refractivity contribution in [3.63, 3.8) is 0 Å². The fourth-order valence-corrected chi connectivity index (χ4v) is 3.36. The van der Waals surface area contributed by atoms with Gasteiger partial charge in [0.25, 0.3) is 0 Å². The fourth-order valence-electron chi connectivity index (χ4n) is 3.36. The van der Waals surface area contributed by atoms with Gasteiger partial charge in [0.05, 0.1) is 12.6 Å². The van der Waals surface area contributed by atoms with E-state index in [1.165, 1.54) is 0 Å². The number of halogens is 1. The van der Waals surface area contributed by atoms with Crippen LogP contribution in [0.5, 0.6) is 0 Å². The number of fused-ring (bicyclic) bond motifs is 2. The Bertz CT molecular complexity index is 1070. The molecule has 0 fully saturated rings. The topological polar surface area (TPSA) is 90.1 Å². The molecule has 1 atom stereocenters. The summed E-state index contributed by atoms with van der Waals surface area (Å²) in [7, 11) is 1.79. The van der Waals surface area contributed by atoms with Gasteiger partial charge in [-0.15, -0.1) is 12.4 Å². The number of nitrogens with zero attached hydrogens (tertiary/aromatic N) is 2. The maximum absolute atomic E-state index is 12.7. The molecule has 0 spiro atoms. The molecule has 0 radical (unpaired) electrons. The molecule has 2 aromatic heterocycles. The first-order valence-electron chi connectivity index (χ1n) is 9.53. The minimum atomic E-state index is -0.109. The van der Waals surface area contributed by atoms with Crippen molar-refractivity contribution in [1.82, 2.24) is 20.2 Å². The molecule has 1 unspecified atom stereocenters. The van der Waals surface area contributed by atoms with E-state index in [0.29, 0.717) is 12.4 Å². The number of anilines is 1. The van der Waals surface area contributed by atoms with Gasteiger partial charge in [0, 0.05) is 42.6 Å². The number of aromatic amines is 1. The molecule has 0 bridgehead atoms. The Labute approximate surface area is 181 Å². The molecule has 1 aromatic carbocycles. The Kier molecular flexibility index (Phi) is 6.54. The van der Waals surface area contributed by atoms with E-state index in [4.69, 9.17) is 0 Å². The highest BCUT2D eigenvalue weighted by Crippen LogP contribution is 2.23. The summed E-state index contributed by atoms with van der Waals surface area (Å²) in [6.45, 7) is 2.80. The van der Waals surface area contributed by atoms with Gasteiger partial charge >= 0.3 is 0 Å². The third-order valence-electron chi connectivity index (χ3n) is 5.19. The first-order chi connectivity index (χ1) is 14.0. The van der Waals surface area contributed by atoms with Gasteiger partial charge in [0.2, 0.25) is 11.8 Å². The van der Waals surface area contributed by atoms with Crippen molar-refractivity contribution in [2.24, 2.45) is 0 Å². The van der Waals surface area contributed by atoms with Crippen LogP contribution in [0.3, 0.4) is 0 Å². The summed E-state index contributed by atoms with van der Waals surface area (Å²) in [5.41, 5.74) is 3.75. The summed E-state index contributed by atoms with van der Waals surface area (Å²) in [6, 6.07) is 12.0. The van der Waals surface area contributed by atoms with Crippen molar-refractivity contribution in [2.45, 2.75) is 19.5 Å². The number of rotatable bonds is 4. The van der Waals surface area contributed by atoms with E-state index in [1.807, 2.05) is 37.3 Å². The molecule has 1 aliphatic heterocycles. The molecule has 1 aliphatic rings. The molecular weight excluding hydrogens is 402 g/mol. The standard InChI is InChI=1S/C22H23N5O2.ClH/c1-14(19-10-16-5-3-4-6-18(16)25-19)27(2)21(29)8-7-15-9-17-12-23-13-20(28)26-22(17)24-11-15;/h3-11,14,23,25H,12-13H2,1-2H3,(H,24,26,28);1H. The van der Waals surface area contributed by atoms with E-state index in [0.717, 1.165) is 27.7 Å². The van der Waals surface area contributed by atoms with Crippen LogP contribution in [-0.4, -0.2) is 40.3 Å². The van der Waals surface area contributed by atoms with Crippen LogP contribution in [0.2, 0.25) is 0 Å². The second-order valence-corrected chi connectivity index (χ2v) is 7.20. The molecule has 0 saturated heterocycles. The number of hydrogen-bond acceptors (Lipinski definition) is 4. The van der Waals surface area contributed by atoms with Gasteiger partial charge in [-0.1, -0.05) is 18.2 Å². The maximum Gasteiger partial charge on any atom is 0.246 e. The third kappa shape index (κ3) is 4.53. The highest BCUT2D eigenvalue weighted by atomic mass is 35.5. The van der Waals surface area contributed by atoms with Crippen LogP contribution in [0.15, 0.2) is 48.7 Å². The van der Waals surface area contributed by atoms with Crippen molar-refractivity contribution < 1.29 is 9.59 Å². The molecule has 3 aromatic rings. The van der Waals surface area contributed by atoms with Crippen LogP contribution in [-0.2, 0) is 16.1 Å².